The summed E-state index contributed by atoms with van der Waals surface area (Å²) in [4.78, 5) is 30.6. The van der Waals surface area contributed by atoms with Gasteiger partial charge in [0.05, 0.1) is 0 Å². The second-order valence-electron chi connectivity index (χ2n) is 5.87. The van der Waals surface area contributed by atoms with Gasteiger partial charge in [0, 0.05) is 42.0 Å². The van der Waals surface area contributed by atoms with Crippen LogP contribution in [0.1, 0.15) is 17.3 Å². The van der Waals surface area contributed by atoms with Gasteiger partial charge in [0.25, 0.3) is 5.91 Å². The highest BCUT2D eigenvalue weighted by Crippen LogP contribution is 2.26. The number of hydrogen-bond donors (Lipinski definition) is 1. The number of aromatic nitrogens is 1. The van der Waals surface area contributed by atoms with Crippen LogP contribution in [0.25, 0.3) is 0 Å². The SMILES string of the molecule is CC(=O)N(C)c1ccc(NC(=O)c2ccc(Sc3ccccn3)cc2)cc1. The summed E-state index contributed by atoms with van der Waals surface area (Å²) >= 11 is 1.54. The smallest absolute Gasteiger partial charge is 0.255 e. The number of amides is 2. The standard InChI is InChI=1S/C21H19N3O2S/c1-15(25)24(2)18-10-8-17(9-11-18)23-21(26)16-6-12-19(13-7-16)27-20-5-3-4-14-22-20/h3-14H,1-2H3,(H,23,26). The maximum atomic E-state index is 12.4. The maximum absolute atomic E-state index is 12.4. The zero-order valence-corrected chi connectivity index (χ0v) is 15.9. The molecule has 0 unspecified atom stereocenters. The third-order valence-electron chi connectivity index (χ3n) is 3.96. The monoisotopic (exact) mass is 377 g/mol. The van der Waals surface area contributed by atoms with Gasteiger partial charge < -0.3 is 10.2 Å². The average Bonchev–Trinajstić information content (AvgIpc) is 2.69. The summed E-state index contributed by atoms with van der Waals surface area (Å²) < 4.78 is 0. The molecule has 0 saturated carbocycles. The zero-order chi connectivity index (χ0) is 19.2. The molecule has 0 aliphatic rings. The van der Waals surface area contributed by atoms with E-state index in [2.05, 4.69) is 10.3 Å². The fourth-order valence-electron chi connectivity index (χ4n) is 2.36. The highest BCUT2D eigenvalue weighted by atomic mass is 32.2. The lowest BCUT2D eigenvalue weighted by molar-refractivity contribution is -0.116. The van der Waals surface area contributed by atoms with E-state index in [1.54, 1.807) is 66.3 Å². The molecule has 0 radical (unpaired) electrons. The molecule has 0 atom stereocenters. The topological polar surface area (TPSA) is 62.3 Å². The van der Waals surface area contributed by atoms with E-state index in [0.29, 0.717) is 11.3 Å². The van der Waals surface area contributed by atoms with Crippen LogP contribution >= 0.6 is 11.8 Å². The number of hydrogen-bond acceptors (Lipinski definition) is 4. The third kappa shape index (κ3) is 4.95. The van der Waals surface area contributed by atoms with Crippen molar-refractivity contribution in [1.29, 1.82) is 0 Å². The molecule has 1 N–H and O–H groups in total. The van der Waals surface area contributed by atoms with Crippen LogP contribution in [-0.4, -0.2) is 23.8 Å². The van der Waals surface area contributed by atoms with Crippen molar-refractivity contribution in [2.45, 2.75) is 16.8 Å². The van der Waals surface area contributed by atoms with Crippen molar-refractivity contribution >= 4 is 35.0 Å². The number of anilines is 2. The zero-order valence-electron chi connectivity index (χ0n) is 15.0. The molecular formula is C21H19N3O2S. The quantitative estimate of drug-likeness (QED) is 0.713. The highest BCUT2D eigenvalue weighted by molar-refractivity contribution is 7.99. The molecule has 0 spiro atoms. The Balaban J connectivity index is 1.63. The maximum Gasteiger partial charge on any atom is 0.255 e. The van der Waals surface area contributed by atoms with Gasteiger partial charge in [0.2, 0.25) is 5.91 Å². The van der Waals surface area contributed by atoms with E-state index in [4.69, 9.17) is 0 Å². The Labute approximate surface area is 162 Å². The minimum atomic E-state index is -0.183. The Morgan fingerprint density at radius 1 is 0.963 bits per heavy atom. The molecule has 3 rings (SSSR count). The largest absolute Gasteiger partial charge is 0.322 e. The lowest BCUT2D eigenvalue weighted by Crippen LogP contribution is -2.22. The lowest BCUT2D eigenvalue weighted by Gasteiger charge is -2.15. The first-order chi connectivity index (χ1) is 13.0. The minimum absolute atomic E-state index is 0.0459. The minimum Gasteiger partial charge on any atom is -0.322 e. The Kier molecular flexibility index (Phi) is 5.88. The first kappa shape index (κ1) is 18.7. The molecule has 0 aliphatic heterocycles. The number of pyridine rings is 1. The summed E-state index contributed by atoms with van der Waals surface area (Å²) in [5.74, 6) is -0.229. The van der Waals surface area contributed by atoms with E-state index in [0.717, 1.165) is 15.6 Å². The van der Waals surface area contributed by atoms with Gasteiger partial charge in [-0.25, -0.2) is 4.98 Å². The van der Waals surface area contributed by atoms with E-state index >= 15 is 0 Å². The van der Waals surface area contributed by atoms with Crippen LogP contribution in [0.3, 0.4) is 0 Å². The van der Waals surface area contributed by atoms with Crippen molar-refractivity contribution in [3.05, 3.63) is 78.5 Å². The molecule has 27 heavy (non-hydrogen) atoms. The predicted molar refractivity (Wildman–Crippen MR) is 108 cm³/mol. The second kappa shape index (κ2) is 8.51. The Morgan fingerprint density at radius 2 is 1.67 bits per heavy atom. The van der Waals surface area contributed by atoms with Crippen LogP contribution in [0.5, 0.6) is 0 Å². The Hall–Kier alpha value is -3.12. The first-order valence-corrected chi connectivity index (χ1v) is 9.19. The highest BCUT2D eigenvalue weighted by Gasteiger charge is 2.09. The van der Waals surface area contributed by atoms with Gasteiger partial charge in [0.1, 0.15) is 5.03 Å². The summed E-state index contributed by atoms with van der Waals surface area (Å²) in [5.41, 5.74) is 2.02. The molecule has 1 heterocycles. The number of nitrogens with zero attached hydrogens (tertiary/aromatic N) is 2. The van der Waals surface area contributed by atoms with Gasteiger partial charge >= 0.3 is 0 Å². The van der Waals surface area contributed by atoms with Crippen molar-refractivity contribution in [3.63, 3.8) is 0 Å². The van der Waals surface area contributed by atoms with E-state index < -0.39 is 0 Å². The molecule has 2 amide bonds. The third-order valence-corrected chi connectivity index (χ3v) is 4.92. The lowest BCUT2D eigenvalue weighted by atomic mass is 10.2. The van der Waals surface area contributed by atoms with Gasteiger partial charge in [-0.05, 0) is 60.7 Å². The summed E-state index contributed by atoms with van der Waals surface area (Å²) in [6.07, 6.45) is 1.75. The molecule has 0 bridgehead atoms. The number of nitrogens with one attached hydrogen (secondary N) is 1. The summed E-state index contributed by atoms with van der Waals surface area (Å²) in [5, 5.41) is 3.77. The Bertz CT molecular complexity index is 926. The van der Waals surface area contributed by atoms with Gasteiger partial charge in [-0.2, -0.15) is 0 Å². The van der Waals surface area contributed by atoms with Crippen molar-refractivity contribution in [1.82, 2.24) is 4.98 Å². The molecule has 2 aromatic carbocycles. The number of carbonyl (C=O) groups excluding carboxylic acids is 2. The van der Waals surface area contributed by atoms with E-state index in [1.807, 2.05) is 30.3 Å². The molecule has 0 saturated heterocycles. The Morgan fingerprint density at radius 3 is 2.26 bits per heavy atom. The van der Waals surface area contributed by atoms with Crippen LogP contribution in [0.15, 0.2) is 82.8 Å². The summed E-state index contributed by atoms with van der Waals surface area (Å²) in [6.45, 7) is 1.51. The molecule has 3 aromatic rings. The van der Waals surface area contributed by atoms with Crippen molar-refractivity contribution < 1.29 is 9.59 Å². The number of benzene rings is 2. The molecule has 0 aliphatic carbocycles. The van der Waals surface area contributed by atoms with Crippen molar-refractivity contribution in [2.24, 2.45) is 0 Å². The fraction of sp³-hybridized carbons (Fsp3) is 0.0952. The van der Waals surface area contributed by atoms with Crippen LogP contribution in [0.4, 0.5) is 11.4 Å². The predicted octanol–water partition coefficient (Wildman–Crippen LogP) is 4.47. The number of rotatable bonds is 5. The molecule has 5 nitrogen and oxygen atoms in total. The van der Waals surface area contributed by atoms with Gasteiger partial charge in [-0.3, -0.25) is 9.59 Å². The molecule has 136 valence electrons. The molecule has 6 heteroatoms. The van der Waals surface area contributed by atoms with E-state index in [1.165, 1.54) is 6.92 Å². The fourth-order valence-corrected chi connectivity index (χ4v) is 3.13. The second-order valence-corrected chi connectivity index (χ2v) is 6.97. The normalized spacial score (nSPS) is 10.3. The van der Waals surface area contributed by atoms with Gasteiger partial charge in [0.15, 0.2) is 0 Å². The molecule has 1 aromatic heterocycles. The van der Waals surface area contributed by atoms with Crippen molar-refractivity contribution in [3.8, 4) is 0 Å². The van der Waals surface area contributed by atoms with E-state index in [9.17, 15) is 9.59 Å². The molecule has 0 fully saturated rings. The van der Waals surface area contributed by atoms with Crippen LogP contribution < -0.4 is 10.2 Å². The van der Waals surface area contributed by atoms with Crippen LogP contribution in [0.2, 0.25) is 0 Å². The van der Waals surface area contributed by atoms with E-state index in [-0.39, 0.29) is 11.8 Å². The first-order valence-electron chi connectivity index (χ1n) is 8.37. The van der Waals surface area contributed by atoms with Crippen LogP contribution in [-0.2, 0) is 4.79 Å². The van der Waals surface area contributed by atoms with Crippen LogP contribution in [0, 0.1) is 0 Å². The summed E-state index contributed by atoms with van der Waals surface area (Å²) in [6, 6.07) is 20.3. The van der Waals surface area contributed by atoms with Crippen molar-refractivity contribution in [2.75, 3.05) is 17.3 Å². The number of carbonyl (C=O) groups is 2. The molecular weight excluding hydrogens is 358 g/mol. The average molecular weight is 377 g/mol. The van der Waals surface area contributed by atoms with Gasteiger partial charge in [-0.15, -0.1) is 0 Å². The summed E-state index contributed by atoms with van der Waals surface area (Å²) in [7, 11) is 1.71. The van der Waals surface area contributed by atoms with Gasteiger partial charge in [-0.1, -0.05) is 17.8 Å².